The number of anilines is 1. The molecule has 4 nitrogen and oxygen atoms in total. The van der Waals surface area contributed by atoms with Crippen LogP contribution in [0.2, 0.25) is 5.02 Å². The molecule has 1 N–H and O–H groups in total. The van der Waals surface area contributed by atoms with Crippen molar-refractivity contribution in [2.45, 2.75) is 38.3 Å². The number of halogens is 1. The fourth-order valence-electron chi connectivity index (χ4n) is 3.54. The van der Waals surface area contributed by atoms with Crippen molar-refractivity contribution in [2.24, 2.45) is 0 Å². The number of likely N-dealkylation sites (tertiary alicyclic amines) is 1. The lowest BCUT2D eigenvalue weighted by atomic mass is 9.86. The predicted octanol–water partition coefficient (Wildman–Crippen LogP) is 2.79. The largest absolute Gasteiger partial charge is 0.380 e. The predicted molar refractivity (Wildman–Crippen MR) is 84.0 cm³/mol. The minimum Gasteiger partial charge on any atom is -0.380 e. The standard InChI is InChI=1S/C16H21ClN2O2/c1-9-4-5-11-12-7-19(14(20)8-21-3)10(2)6-13(12)18-16(11)15(9)17/h4-5,10,12-13,18H,6-8H2,1-3H3/t10-,12?,13?/m0/s1. The Morgan fingerprint density at radius 3 is 3.00 bits per heavy atom. The molecule has 0 aliphatic carbocycles. The van der Waals surface area contributed by atoms with Crippen LogP contribution in [0.5, 0.6) is 0 Å². The normalized spacial score (nSPS) is 27.0. The van der Waals surface area contributed by atoms with Crippen molar-refractivity contribution >= 4 is 23.2 Å². The second kappa shape index (κ2) is 5.50. The number of carbonyl (C=O) groups is 1. The smallest absolute Gasteiger partial charge is 0.248 e. The topological polar surface area (TPSA) is 41.6 Å². The van der Waals surface area contributed by atoms with Crippen LogP contribution >= 0.6 is 11.6 Å². The zero-order chi connectivity index (χ0) is 15.1. The number of fused-ring (bicyclic) bond motifs is 3. The molecule has 2 heterocycles. The van der Waals surface area contributed by atoms with Crippen molar-refractivity contribution in [2.75, 3.05) is 25.6 Å². The fraction of sp³-hybridized carbons (Fsp3) is 0.562. The second-order valence-electron chi connectivity index (χ2n) is 6.08. The van der Waals surface area contributed by atoms with Crippen molar-refractivity contribution in [1.29, 1.82) is 0 Å². The number of nitrogens with zero attached hydrogens (tertiary/aromatic N) is 1. The van der Waals surface area contributed by atoms with Gasteiger partial charge in [-0.25, -0.2) is 0 Å². The summed E-state index contributed by atoms with van der Waals surface area (Å²) in [5.41, 5.74) is 3.37. The monoisotopic (exact) mass is 308 g/mol. The average Bonchev–Trinajstić information content (AvgIpc) is 2.80. The Balaban J connectivity index is 1.88. The van der Waals surface area contributed by atoms with Crippen molar-refractivity contribution in [3.63, 3.8) is 0 Å². The van der Waals surface area contributed by atoms with Crippen LogP contribution in [0.25, 0.3) is 0 Å². The second-order valence-corrected chi connectivity index (χ2v) is 6.46. The molecule has 0 bridgehead atoms. The summed E-state index contributed by atoms with van der Waals surface area (Å²) in [5, 5.41) is 4.38. The number of methoxy groups -OCH3 is 1. The summed E-state index contributed by atoms with van der Waals surface area (Å²) in [4.78, 5) is 14.1. The summed E-state index contributed by atoms with van der Waals surface area (Å²) in [6.45, 7) is 4.99. The SMILES string of the molecule is COCC(=O)N1CC2c3ccc(C)c(Cl)c3NC2C[C@@H]1C. The maximum absolute atomic E-state index is 12.2. The molecule has 0 spiro atoms. The van der Waals surface area contributed by atoms with Gasteiger partial charge in [-0.3, -0.25) is 4.79 Å². The lowest BCUT2D eigenvalue weighted by Crippen LogP contribution is -2.51. The lowest BCUT2D eigenvalue weighted by molar-refractivity contribution is -0.138. The van der Waals surface area contributed by atoms with E-state index in [1.807, 2.05) is 11.8 Å². The molecule has 1 aromatic carbocycles. The van der Waals surface area contributed by atoms with Crippen molar-refractivity contribution < 1.29 is 9.53 Å². The van der Waals surface area contributed by atoms with Gasteiger partial charge in [0.15, 0.2) is 0 Å². The maximum Gasteiger partial charge on any atom is 0.248 e. The first-order valence-electron chi connectivity index (χ1n) is 7.37. The molecule has 3 rings (SSSR count). The first-order valence-corrected chi connectivity index (χ1v) is 7.74. The maximum atomic E-state index is 12.2. The molecule has 1 saturated heterocycles. The van der Waals surface area contributed by atoms with Crippen LogP contribution in [0.3, 0.4) is 0 Å². The molecule has 3 atom stereocenters. The van der Waals surface area contributed by atoms with E-state index in [0.717, 1.165) is 29.2 Å². The summed E-state index contributed by atoms with van der Waals surface area (Å²) in [7, 11) is 1.56. The molecular weight excluding hydrogens is 288 g/mol. The van der Waals surface area contributed by atoms with E-state index in [-0.39, 0.29) is 18.6 Å². The molecule has 0 radical (unpaired) electrons. The van der Waals surface area contributed by atoms with Crippen molar-refractivity contribution in [1.82, 2.24) is 4.90 Å². The Labute approximate surface area is 130 Å². The van der Waals surface area contributed by atoms with Gasteiger partial charge >= 0.3 is 0 Å². The van der Waals surface area contributed by atoms with Gasteiger partial charge in [-0.2, -0.15) is 0 Å². The number of benzene rings is 1. The third-order valence-corrected chi connectivity index (χ3v) is 5.18. The molecular formula is C16H21ClN2O2. The van der Waals surface area contributed by atoms with Gasteiger partial charge < -0.3 is 15.0 Å². The Morgan fingerprint density at radius 1 is 1.52 bits per heavy atom. The Kier molecular flexibility index (Phi) is 3.84. The van der Waals surface area contributed by atoms with Crippen molar-refractivity contribution in [3.05, 3.63) is 28.3 Å². The summed E-state index contributed by atoms with van der Waals surface area (Å²) >= 11 is 6.43. The molecule has 2 aliphatic rings. The highest BCUT2D eigenvalue weighted by Gasteiger charge is 2.41. The third kappa shape index (κ3) is 2.40. The number of piperidine rings is 1. The van der Waals surface area contributed by atoms with Crippen molar-refractivity contribution in [3.8, 4) is 0 Å². The first kappa shape index (κ1) is 14.7. The number of hydrogen-bond acceptors (Lipinski definition) is 3. The van der Waals surface area contributed by atoms with Gasteiger partial charge in [0.2, 0.25) is 5.91 Å². The molecule has 114 valence electrons. The number of rotatable bonds is 2. The molecule has 5 heteroatoms. The van der Waals surface area contributed by atoms with Crippen LogP contribution in [0.4, 0.5) is 5.69 Å². The minimum atomic E-state index is 0.0649. The zero-order valence-corrected chi connectivity index (χ0v) is 13.4. The molecule has 2 unspecified atom stereocenters. The molecule has 1 aromatic rings. The minimum absolute atomic E-state index is 0.0649. The van der Waals surface area contributed by atoms with Crippen LogP contribution in [0.1, 0.15) is 30.4 Å². The summed E-state index contributed by atoms with van der Waals surface area (Å²) in [6, 6.07) is 4.78. The van der Waals surface area contributed by atoms with E-state index in [1.165, 1.54) is 5.56 Å². The number of carbonyl (C=O) groups excluding carboxylic acids is 1. The number of amides is 1. The van der Waals surface area contributed by atoms with Gasteiger partial charge in [-0.1, -0.05) is 23.7 Å². The molecule has 21 heavy (non-hydrogen) atoms. The van der Waals surface area contributed by atoms with Gasteiger partial charge in [0.05, 0.1) is 10.7 Å². The molecule has 2 aliphatic heterocycles. The van der Waals surface area contributed by atoms with E-state index < -0.39 is 0 Å². The Morgan fingerprint density at radius 2 is 2.29 bits per heavy atom. The quantitative estimate of drug-likeness (QED) is 0.913. The molecule has 0 aromatic heterocycles. The highest BCUT2D eigenvalue weighted by Crippen LogP contribution is 2.45. The van der Waals surface area contributed by atoms with Crippen LogP contribution in [0.15, 0.2) is 12.1 Å². The molecule has 1 fully saturated rings. The highest BCUT2D eigenvalue weighted by molar-refractivity contribution is 6.34. The number of ether oxygens (including phenoxy) is 1. The van der Waals surface area contributed by atoms with Crippen LogP contribution in [-0.2, 0) is 9.53 Å². The van der Waals surface area contributed by atoms with E-state index >= 15 is 0 Å². The van der Waals surface area contributed by atoms with Crippen LogP contribution < -0.4 is 5.32 Å². The zero-order valence-electron chi connectivity index (χ0n) is 12.6. The lowest BCUT2D eigenvalue weighted by Gasteiger charge is -2.40. The molecule has 0 saturated carbocycles. The Hall–Kier alpha value is -1.26. The fourth-order valence-corrected chi connectivity index (χ4v) is 3.77. The summed E-state index contributed by atoms with van der Waals surface area (Å²) in [6.07, 6.45) is 0.935. The third-order valence-electron chi connectivity index (χ3n) is 4.69. The van der Waals surface area contributed by atoms with Gasteiger partial charge in [0.25, 0.3) is 0 Å². The van der Waals surface area contributed by atoms with E-state index in [9.17, 15) is 4.79 Å². The number of hydrogen-bond donors (Lipinski definition) is 1. The van der Waals surface area contributed by atoms with Gasteiger partial charge in [-0.05, 0) is 31.4 Å². The van der Waals surface area contributed by atoms with Gasteiger partial charge in [0.1, 0.15) is 6.61 Å². The van der Waals surface area contributed by atoms with E-state index in [4.69, 9.17) is 16.3 Å². The van der Waals surface area contributed by atoms with Gasteiger partial charge in [-0.15, -0.1) is 0 Å². The van der Waals surface area contributed by atoms with Crippen LogP contribution in [-0.4, -0.2) is 43.2 Å². The highest BCUT2D eigenvalue weighted by atomic mass is 35.5. The van der Waals surface area contributed by atoms with E-state index in [2.05, 4.69) is 24.4 Å². The van der Waals surface area contributed by atoms with E-state index in [0.29, 0.717) is 12.0 Å². The van der Waals surface area contributed by atoms with E-state index in [1.54, 1.807) is 7.11 Å². The van der Waals surface area contributed by atoms with Gasteiger partial charge in [0, 0.05) is 31.7 Å². The number of aryl methyl sites for hydroxylation is 1. The summed E-state index contributed by atoms with van der Waals surface area (Å²) < 4.78 is 4.99. The number of nitrogens with one attached hydrogen (secondary N) is 1. The first-order chi connectivity index (χ1) is 10.0. The molecule has 1 amide bonds. The van der Waals surface area contributed by atoms with Crippen LogP contribution in [0, 0.1) is 6.92 Å². The Bertz CT molecular complexity index is 576. The summed E-state index contributed by atoms with van der Waals surface area (Å²) in [5.74, 6) is 0.380. The average molecular weight is 309 g/mol.